The summed E-state index contributed by atoms with van der Waals surface area (Å²) in [7, 11) is 0. The van der Waals surface area contributed by atoms with Crippen molar-refractivity contribution in [2.24, 2.45) is 0 Å². The fourth-order valence-corrected chi connectivity index (χ4v) is 3.29. The second-order valence-corrected chi connectivity index (χ2v) is 6.84. The van der Waals surface area contributed by atoms with Crippen molar-refractivity contribution < 1.29 is 9.59 Å². The van der Waals surface area contributed by atoms with E-state index in [-0.39, 0.29) is 17.4 Å². The molecule has 0 saturated carbocycles. The summed E-state index contributed by atoms with van der Waals surface area (Å²) < 4.78 is 0. The minimum absolute atomic E-state index is 0.0444. The zero-order chi connectivity index (χ0) is 17.6. The van der Waals surface area contributed by atoms with E-state index in [4.69, 9.17) is 0 Å². The Balaban J connectivity index is 1.54. The third-order valence-corrected chi connectivity index (χ3v) is 4.84. The molecule has 0 atom stereocenters. The highest BCUT2D eigenvalue weighted by Gasteiger charge is 2.09. The van der Waals surface area contributed by atoms with Gasteiger partial charge in [-0.15, -0.1) is 11.8 Å². The molecular weight excluding hydrogens is 330 g/mol. The molecule has 0 spiro atoms. The summed E-state index contributed by atoms with van der Waals surface area (Å²) in [4.78, 5) is 24.3. The molecule has 0 bridgehead atoms. The monoisotopic (exact) mass is 349 g/mol. The number of anilines is 1. The maximum atomic E-state index is 12.2. The molecule has 25 heavy (non-hydrogen) atoms. The second-order valence-electron chi connectivity index (χ2n) is 5.86. The molecule has 0 saturated heterocycles. The molecule has 0 fully saturated rings. The van der Waals surface area contributed by atoms with Gasteiger partial charge < -0.3 is 5.32 Å². The standard InChI is InChI=1S/C21H19NO2S/c1-15-9-11-17(12-10-15)20(23)13-25-14-21(24)22-19-8-4-6-16-5-2-3-7-18(16)19/h2-12H,13-14H2,1H3,(H,22,24). The molecule has 0 aliphatic carbocycles. The Morgan fingerprint density at radius 2 is 1.60 bits per heavy atom. The smallest absolute Gasteiger partial charge is 0.234 e. The van der Waals surface area contributed by atoms with Gasteiger partial charge in [0, 0.05) is 16.6 Å². The van der Waals surface area contributed by atoms with Crippen molar-refractivity contribution >= 4 is 39.9 Å². The normalized spacial score (nSPS) is 10.6. The average Bonchev–Trinajstić information content (AvgIpc) is 2.62. The number of aryl methyl sites for hydroxylation is 1. The van der Waals surface area contributed by atoms with E-state index in [2.05, 4.69) is 5.32 Å². The molecule has 0 aliphatic heterocycles. The van der Waals surface area contributed by atoms with Gasteiger partial charge in [0.1, 0.15) is 0 Å². The number of carbonyl (C=O) groups is 2. The summed E-state index contributed by atoms with van der Waals surface area (Å²) in [6.45, 7) is 1.99. The summed E-state index contributed by atoms with van der Waals surface area (Å²) >= 11 is 1.33. The minimum atomic E-state index is -0.0990. The van der Waals surface area contributed by atoms with Crippen molar-refractivity contribution in [3.63, 3.8) is 0 Å². The third kappa shape index (κ3) is 4.48. The van der Waals surface area contributed by atoms with Crippen LogP contribution >= 0.6 is 11.8 Å². The molecular formula is C21H19NO2S. The summed E-state index contributed by atoms with van der Waals surface area (Å²) in [5.41, 5.74) is 2.61. The van der Waals surface area contributed by atoms with Gasteiger partial charge in [-0.3, -0.25) is 9.59 Å². The molecule has 3 aromatic rings. The first-order valence-electron chi connectivity index (χ1n) is 8.09. The molecule has 3 rings (SSSR count). The van der Waals surface area contributed by atoms with E-state index in [0.717, 1.165) is 22.0 Å². The Hall–Kier alpha value is -2.59. The van der Waals surface area contributed by atoms with E-state index < -0.39 is 0 Å². The first-order valence-corrected chi connectivity index (χ1v) is 9.24. The Bertz CT molecular complexity index is 898. The van der Waals surface area contributed by atoms with Gasteiger partial charge in [-0.05, 0) is 18.4 Å². The lowest BCUT2D eigenvalue weighted by atomic mass is 10.1. The average molecular weight is 349 g/mol. The SMILES string of the molecule is Cc1ccc(C(=O)CSCC(=O)Nc2cccc3ccccc23)cc1. The van der Waals surface area contributed by atoms with Gasteiger partial charge in [0.05, 0.1) is 11.5 Å². The minimum Gasteiger partial charge on any atom is -0.325 e. The van der Waals surface area contributed by atoms with Crippen molar-refractivity contribution in [2.75, 3.05) is 16.8 Å². The van der Waals surface area contributed by atoms with Crippen LogP contribution in [0.1, 0.15) is 15.9 Å². The number of benzene rings is 3. The van der Waals surface area contributed by atoms with Crippen LogP contribution in [0.25, 0.3) is 10.8 Å². The number of hydrogen-bond acceptors (Lipinski definition) is 3. The molecule has 126 valence electrons. The predicted molar refractivity (Wildman–Crippen MR) is 105 cm³/mol. The topological polar surface area (TPSA) is 46.2 Å². The van der Waals surface area contributed by atoms with E-state index in [1.165, 1.54) is 11.8 Å². The number of nitrogens with one attached hydrogen (secondary N) is 1. The number of hydrogen-bond donors (Lipinski definition) is 1. The van der Waals surface area contributed by atoms with Crippen LogP contribution in [0.15, 0.2) is 66.7 Å². The number of thioether (sulfide) groups is 1. The predicted octanol–water partition coefficient (Wildman–Crippen LogP) is 4.70. The number of amides is 1. The summed E-state index contributed by atoms with van der Waals surface area (Å²) in [6, 6.07) is 21.2. The number of Topliss-reactive ketones (excluding diaryl/α,β-unsaturated/α-hetero) is 1. The van der Waals surface area contributed by atoms with Crippen molar-refractivity contribution in [2.45, 2.75) is 6.92 Å². The van der Waals surface area contributed by atoms with Gasteiger partial charge >= 0.3 is 0 Å². The zero-order valence-corrected chi connectivity index (χ0v) is 14.8. The lowest BCUT2D eigenvalue weighted by molar-refractivity contribution is -0.113. The van der Waals surface area contributed by atoms with Gasteiger partial charge in [-0.25, -0.2) is 0 Å². The van der Waals surface area contributed by atoms with Crippen LogP contribution in [0.2, 0.25) is 0 Å². The molecule has 3 nitrogen and oxygen atoms in total. The van der Waals surface area contributed by atoms with E-state index in [1.54, 1.807) is 0 Å². The summed E-state index contributed by atoms with van der Waals surface area (Å²) in [5, 5.41) is 5.03. The molecule has 0 radical (unpaired) electrons. The third-order valence-electron chi connectivity index (χ3n) is 3.90. The number of fused-ring (bicyclic) bond motifs is 1. The Morgan fingerprint density at radius 3 is 2.40 bits per heavy atom. The van der Waals surface area contributed by atoms with Gasteiger partial charge in [0.15, 0.2) is 5.78 Å². The highest BCUT2D eigenvalue weighted by molar-refractivity contribution is 8.00. The first-order chi connectivity index (χ1) is 12.1. The molecule has 0 unspecified atom stereocenters. The van der Waals surface area contributed by atoms with Crippen molar-refractivity contribution in [3.8, 4) is 0 Å². The molecule has 1 N–H and O–H groups in total. The molecule has 0 heterocycles. The quantitative estimate of drug-likeness (QED) is 0.656. The number of ketones is 1. The lowest BCUT2D eigenvalue weighted by Gasteiger charge is -2.08. The van der Waals surface area contributed by atoms with Crippen LogP contribution in [-0.2, 0) is 4.79 Å². The maximum Gasteiger partial charge on any atom is 0.234 e. The van der Waals surface area contributed by atoms with Crippen LogP contribution < -0.4 is 5.32 Å². The van der Waals surface area contributed by atoms with Gasteiger partial charge in [0.25, 0.3) is 0 Å². The fourth-order valence-electron chi connectivity index (χ4n) is 2.58. The van der Waals surface area contributed by atoms with Crippen LogP contribution in [0.5, 0.6) is 0 Å². The second kappa shape index (κ2) is 7.99. The van der Waals surface area contributed by atoms with Crippen LogP contribution in [0, 0.1) is 6.92 Å². The van der Waals surface area contributed by atoms with Gasteiger partial charge in [-0.1, -0.05) is 66.2 Å². The number of rotatable bonds is 6. The first kappa shape index (κ1) is 17.2. The summed E-state index contributed by atoms with van der Waals surface area (Å²) in [5.74, 6) is 0.494. The van der Waals surface area contributed by atoms with E-state index in [1.807, 2.05) is 73.7 Å². The molecule has 3 aromatic carbocycles. The highest BCUT2D eigenvalue weighted by Crippen LogP contribution is 2.23. The van der Waals surface area contributed by atoms with Crippen molar-refractivity contribution in [1.29, 1.82) is 0 Å². The van der Waals surface area contributed by atoms with Crippen LogP contribution in [0.4, 0.5) is 5.69 Å². The zero-order valence-electron chi connectivity index (χ0n) is 14.0. The molecule has 0 aliphatic rings. The number of carbonyl (C=O) groups excluding carboxylic acids is 2. The largest absolute Gasteiger partial charge is 0.325 e. The van der Waals surface area contributed by atoms with Crippen molar-refractivity contribution in [3.05, 3.63) is 77.9 Å². The van der Waals surface area contributed by atoms with Gasteiger partial charge in [-0.2, -0.15) is 0 Å². The van der Waals surface area contributed by atoms with Crippen molar-refractivity contribution in [1.82, 2.24) is 0 Å². The fraction of sp³-hybridized carbons (Fsp3) is 0.143. The van der Waals surface area contributed by atoms with E-state index in [9.17, 15) is 9.59 Å². The van der Waals surface area contributed by atoms with E-state index >= 15 is 0 Å². The van der Waals surface area contributed by atoms with Gasteiger partial charge in [0.2, 0.25) is 5.91 Å². The van der Waals surface area contributed by atoms with Crippen LogP contribution in [0.3, 0.4) is 0 Å². The van der Waals surface area contributed by atoms with E-state index in [0.29, 0.717) is 11.3 Å². The molecule has 0 aromatic heterocycles. The lowest BCUT2D eigenvalue weighted by Crippen LogP contribution is -2.15. The van der Waals surface area contributed by atoms with Crippen LogP contribution in [-0.4, -0.2) is 23.2 Å². The Labute approximate surface area is 151 Å². The summed E-state index contributed by atoms with van der Waals surface area (Å²) in [6.07, 6.45) is 0. The highest BCUT2D eigenvalue weighted by atomic mass is 32.2. The maximum absolute atomic E-state index is 12.2. The Kier molecular flexibility index (Phi) is 5.51. The Morgan fingerprint density at radius 1 is 0.880 bits per heavy atom. The molecule has 4 heteroatoms. The molecule has 1 amide bonds.